The van der Waals surface area contributed by atoms with Gasteiger partial charge in [0.15, 0.2) is 0 Å². The number of benzene rings is 1. The average Bonchev–Trinajstić information content (AvgIpc) is 2.33. The normalized spacial score (nSPS) is 14.6. The van der Waals surface area contributed by atoms with E-state index in [1.54, 1.807) is 6.92 Å². The molecule has 18 heavy (non-hydrogen) atoms. The Kier molecular flexibility index (Phi) is 5.69. The predicted molar refractivity (Wildman–Crippen MR) is 69.8 cm³/mol. The number of aryl methyl sites for hydroxylation is 1. The molecule has 2 unspecified atom stereocenters. The first-order valence-corrected chi connectivity index (χ1v) is 6.41. The molecular formula is C14H22F2N2. The van der Waals surface area contributed by atoms with Gasteiger partial charge >= 0.3 is 0 Å². The van der Waals surface area contributed by atoms with Gasteiger partial charge in [-0.3, -0.25) is 11.3 Å². The van der Waals surface area contributed by atoms with Crippen molar-refractivity contribution in [1.82, 2.24) is 5.43 Å². The van der Waals surface area contributed by atoms with Gasteiger partial charge in [0.1, 0.15) is 11.6 Å². The second-order valence-electron chi connectivity index (χ2n) is 4.94. The van der Waals surface area contributed by atoms with E-state index in [0.29, 0.717) is 17.9 Å². The molecule has 1 rings (SSSR count). The summed E-state index contributed by atoms with van der Waals surface area (Å²) in [5.41, 5.74) is 3.03. The second-order valence-corrected chi connectivity index (χ2v) is 4.94. The van der Waals surface area contributed by atoms with Crippen LogP contribution in [0.1, 0.15) is 50.3 Å². The third kappa shape index (κ3) is 3.50. The zero-order chi connectivity index (χ0) is 13.7. The summed E-state index contributed by atoms with van der Waals surface area (Å²) in [4.78, 5) is 0. The highest BCUT2D eigenvalue weighted by atomic mass is 19.1. The molecule has 0 saturated heterocycles. The molecule has 0 aromatic heterocycles. The van der Waals surface area contributed by atoms with Crippen LogP contribution in [-0.4, -0.2) is 0 Å². The third-order valence-electron chi connectivity index (χ3n) is 3.29. The molecule has 0 bridgehead atoms. The van der Waals surface area contributed by atoms with E-state index in [0.717, 1.165) is 12.8 Å². The zero-order valence-corrected chi connectivity index (χ0v) is 11.3. The first-order valence-electron chi connectivity index (χ1n) is 6.41. The lowest BCUT2D eigenvalue weighted by Crippen LogP contribution is -2.31. The highest BCUT2D eigenvalue weighted by Gasteiger charge is 2.22. The van der Waals surface area contributed by atoms with Gasteiger partial charge in [-0.25, -0.2) is 8.78 Å². The van der Waals surface area contributed by atoms with Crippen molar-refractivity contribution in [1.29, 1.82) is 0 Å². The molecule has 1 aromatic rings. The van der Waals surface area contributed by atoms with Crippen LogP contribution in [0.5, 0.6) is 0 Å². The van der Waals surface area contributed by atoms with E-state index >= 15 is 0 Å². The number of rotatable bonds is 6. The Bertz CT molecular complexity index is 394. The first-order chi connectivity index (χ1) is 8.51. The average molecular weight is 256 g/mol. The molecule has 0 saturated carbocycles. The Morgan fingerprint density at radius 3 is 2.56 bits per heavy atom. The van der Waals surface area contributed by atoms with Crippen molar-refractivity contribution in [3.8, 4) is 0 Å². The molecule has 0 radical (unpaired) electrons. The van der Waals surface area contributed by atoms with Crippen molar-refractivity contribution >= 4 is 0 Å². The summed E-state index contributed by atoms with van der Waals surface area (Å²) in [6.07, 6.45) is 2.70. The summed E-state index contributed by atoms with van der Waals surface area (Å²) in [7, 11) is 0. The van der Waals surface area contributed by atoms with Gasteiger partial charge in [0.05, 0.1) is 6.04 Å². The van der Waals surface area contributed by atoms with Gasteiger partial charge in [-0.05, 0) is 30.9 Å². The molecule has 0 amide bonds. The molecule has 3 N–H and O–H groups in total. The quantitative estimate of drug-likeness (QED) is 0.603. The minimum Gasteiger partial charge on any atom is -0.271 e. The topological polar surface area (TPSA) is 38.0 Å². The van der Waals surface area contributed by atoms with E-state index in [9.17, 15) is 8.78 Å². The van der Waals surface area contributed by atoms with Crippen LogP contribution in [0, 0.1) is 24.5 Å². The monoisotopic (exact) mass is 256 g/mol. The van der Waals surface area contributed by atoms with Crippen LogP contribution in [0.3, 0.4) is 0 Å². The third-order valence-corrected chi connectivity index (χ3v) is 3.29. The minimum atomic E-state index is -0.537. The smallest absolute Gasteiger partial charge is 0.133 e. The summed E-state index contributed by atoms with van der Waals surface area (Å²) in [5, 5.41) is 0. The summed E-state index contributed by atoms with van der Waals surface area (Å²) in [6, 6.07) is 2.26. The van der Waals surface area contributed by atoms with Crippen LogP contribution in [0.25, 0.3) is 0 Å². The van der Waals surface area contributed by atoms with Crippen molar-refractivity contribution in [3.05, 3.63) is 34.9 Å². The van der Waals surface area contributed by atoms with Gasteiger partial charge in [0.2, 0.25) is 0 Å². The Balaban J connectivity index is 2.98. The summed E-state index contributed by atoms with van der Waals surface area (Å²) in [6.45, 7) is 5.79. The predicted octanol–water partition coefficient (Wildman–Crippen LogP) is 3.60. The molecule has 2 nitrogen and oxygen atoms in total. The van der Waals surface area contributed by atoms with E-state index in [1.165, 1.54) is 12.1 Å². The maximum Gasteiger partial charge on any atom is 0.133 e. The number of halogens is 2. The zero-order valence-electron chi connectivity index (χ0n) is 11.3. The van der Waals surface area contributed by atoms with Gasteiger partial charge < -0.3 is 0 Å². The number of nitrogens with two attached hydrogens (primary N) is 1. The van der Waals surface area contributed by atoms with Crippen LogP contribution in [0.15, 0.2) is 12.1 Å². The molecular weight excluding hydrogens is 234 g/mol. The van der Waals surface area contributed by atoms with Crippen LogP contribution in [0.2, 0.25) is 0 Å². The van der Waals surface area contributed by atoms with E-state index < -0.39 is 17.7 Å². The van der Waals surface area contributed by atoms with Crippen molar-refractivity contribution in [3.63, 3.8) is 0 Å². The standard InChI is InChI=1S/C14H22F2N2/c1-4-5-9(2)8-12(18-17)13-11(15)7-6-10(3)14(13)16/h6-7,9,12,18H,4-5,8,17H2,1-3H3. The second kappa shape index (κ2) is 6.81. The number of hydrogen-bond donors (Lipinski definition) is 2. The molecule has 0 aliphatic heterocycles. The van der Waals surface area contributed by atoms with Crippen molar-refractivity contribution in [2.45, 2.75) is 46.1 Å². The van der Waals surface area contributed by atoms with Gasteiger partial charge in [-0.2, -0.15) is 0 Å². The molecule has 102 valence electrons. The van der Waals surface area contributed by atoms with Crippen LogP contribution >= 0.6 is 0 Å². The molecule has 4 heteroatoms. The number of hydrogen-bond acceptors (Lipinski definition) is 2. The van der Waals surface area contributed by atoms with E-state index in [2.05, 4.69) is 19.3 Å². The fourth-order valence-corrected chi connectivity index (χ4v) is 2.28. The van der Waals surface area contributed by atoms with Crippen molar-refractivity contribution in [2.24, 2.45) is 11.8 Å². The Hall–Kier alpha value is -1.00. The van der Waals surface area contributed by atoms with Crippen LogP contribution in [0.4, 0.5) is 8.78 Å². The molecule has 0 spiro atoms. The lowest BCUT2D eigenvalue weighted by molar-refractivity contribution is 0.373. The molecule has 0 heterocycles. The highest BCUT2D eigenvalue weighted by molar-refractivity contribution is 5.29. The van der Waals surface area contributed by atoms with Gasteiger partial charge in [-0.15, -0.1) is 0 Å². The molecule has 2 atom stereocenters. The SMILES string of the molecule is CCCC(C)CC(NN)c1c(F)ccc(C)c1F. The summed E-state index contributed by atoms with van der Waals surface area (Å²) >= 11 is 0. The van der Waals surface area contributed by atoms with Gasteiger partial charge in [0.25, 0.3) is 0 Å². The number of nitrogens with one attached hydrogen (secondary N) is 1. The van der Waals surface area contributed by atoms with Gasteiger partial charge in [0, 0.05) is 5.56 Å². The molecule has 0 fully saturated rings. The van der Waals surface area contributed by atoms with E-state index in [1.807, 2.05) is 0 Å². The summed E-state index contributed by atoms with van der Waals surface area (Å²) < 4.78 is 27.8. The van der Waals surface area contributed by atoms with E-state index in [4.69, 9.17) is 5.84 Å². The maximum atomic E-state index is 14.0. The molecule has 0 aliphatic carbocycles. The maximum absolute atomic E-state index is 14.0. The van der Waals surface area contributed by atoms with Crippen LogP contribution < -0.4 is 11.3 Å². The number of hydrazine groups is 1. The highest BCUT2D eigenvalue weighted by Crippen LogP contribution is 2.28. The Morgan fingerprint density at radius 2 is 2.00 bits per heavy atom. The summed E-state index contributed by atoms with van der Waals surface area (Å²) in [5.74, 6) is 4.79. The fourth-order valence-electron chi connectivity index (χ4n) is 2.28. The minimum absolute atomic E-state index is 0.0560. The fraction of sp³-hybridized carbons (Fsp3) is 0.571. The van der Waals surface area contributed by atoms with Crippen molar-refractivity contribution in [2.75, 3.05) is 0 Å². The molecule has 0 aliphatic rings. The van der Waals surface area contributed by atoms with E-state index in [-0.39, 0.29) is 5.56 Å². The molecule has 1 aromatic carbocycles. The van der Waals surface area contributed by atoms with Gasteiger partial charge in [-0.1, -0.05) is 32.8 Å². The first kappa shape index (κ1) is 15.1. The Morgan fingerprint density at radius 1 is 1.33 bits per heavy atom. The lowest BCUT2D eigenvalue weighted by atomic mass is 9.92. The lowest BCUT2D eigenvalue weighted by Gasteiger charge is -2.22. The van der Waals surface area contributed by atoms with Crippen LogP contribution in [-0.2, 0) is 0 Å². The largest absolute Gasteiger partial charge is 0.271 e. The Labute approximate surface area is 108 Å². The van der Waals surface area contributed by atoms with Crippen molar-refractivity contribution < 1.29 is 8.78 Å².